The van der Waals surface area contributed by atoms with E-state index in [1.54, 1.807) is 11.8 Å². The van der Waals surface area contributed by atoms with Gasteiger partial charge in [-0.15, -0.1) is 0 Å². The van der Waals surface area contributed by atoms with E-state index in [0.717, 1.165) is 6.20 Å². The van der Waals surface area contributed by atoms with E-state index in [9.17, 15) is 18.0 Å². The Morgan fingerprint density at radius 3 is 2.81 bits per heavy atom. The van der Waals surface area contributed by atoms with Crippen LogP contribution in [0.25, 0.3) is 0 Å². The molecule has 2 aliphatic heterocycles. The van der Waals surface area contributed by atoms with Gasteiger partial charge in [0.2, 0.25) is 5.91 Å². The SMILES string of the molecule is CCC1(C(F)F)C[C@@H]2CC[C@H](c3cncc(F)c3)N2C1=O. The smallest absolute Gasteiger partial charge is 0.252 e. The average molecular weight is 298 g/mol. The van der Waals surface area contributed by atoms with Crippen LogP contribution >= 0.6 is 0 Å². The quantitative estimate of drug-likeness (QED) is 0.857. The maximum atomic E-state index is 13.4. The average Bonchev–Trinajstić information content (AvgIpc) is 2.98. The van der Waals surface area contributed by atoms with Crippen LogP contribution in [0.1, 0.15) is 44.2 Å². The van der Waals surface area contributed by atoms with Crippen molar-refractivity contribution in [1.82, 2.24) is 9.88 Å². The molecule has 0 aliphatic carbocycles. The number of pyridine rings is 1. The van der Waals surface area contributed by atoms with Gasteiger partial charge in [0.1, 0.15) is 11.2 Å². The van der Waals surface area contributed by atoms with Gasteiger partial charge in [0, 0.05) is 12.2 Å². The second-order valence-electron chi connectivity index (χ2n) is 5.91. The fraction of sp³-hybridized carbons (Fsp3) is 0.600. The summed E-state index contributed by atoms with van der Waals surface area (Å²) in [6.07, 6.45) is 1.62. The summed E-state index contributed by atoms with van der Waals surface area (Å²) in [7, 11) is 0. The van der Waals surface area contributed by atoms with Crippen molar-refractivity contribution in [3.63, 3.8) is 0 Å². The minimum Gasteiger partial charge on any atom is -0.332 e. The Hall–Kier alpha value is -1.59. The van der Waals surface area contributed by atoms with Crippen molar-refractivity contribution < 1.29 is 18.0 Å². The molecule has 21 heavy (non-hydrogen) atoms. The molecule has 3 nitrogen and oxygen atoms in total. The molecule has 2 aliphatic rings. The third kappa shape index (κ3) is 2.03. The standard InChI is InChI=1S/C15H17F3N2O/c1-2-15(13(17)18)6-11-3-4-12(20(11)14(15)21)9-5-10(16)8-19-7-9/h5,7-8,11-13H,2-4,6H2,1H3/t11-,12+,15?/m0/s1. The number of carbonyl (C=O) groups excluding carboxylic acids is 1. The topological polar surface area (TPSA) is 33.2 Å². The molecular weight excluding hydrogens is 281 g/mol. The molecule has 3 atom stereocenters. The molecule has 0 saturated carbocycles. The normalized spacial score (nSPS) is 32.0. The summed E-state index contributed by atoms with van der Waals surface area (Å²) in [4.78, 5) is 17.9. The maximum Gasteiger partial charge on any atom is 0.252 e. The highest BCUT2D eigenvalue weighted by Gasteiger charge is 2.59. The molecule has 0 N–H and O–H groups in total. The van der Waals surface area contributed by atoms with Crippen molar-refractivity contribution >= 4 is 5.91 Å². The first-order valence-corrected chi connectivity index (χ1v) is 7.21. The molecular formula is C15H17F3N2O. The molecule has 114 valence electrons. The second kappa shape index (κ2) is 5.00. The van der Waals surface area contributed by atoms with Crippen LogP contribution in [0, 0.1) is 11.2 Å². The van der Waals surface area contributed by atoms with Gasteiger partial charge >= 0.3 is 0 Å². The summed E-state index contributed by atoms with van der Waals surface area (Å²) in [6.45, 7) is 1.63. The molecule has 1 aromatic rings. The number of alkyl halides is 2. The van der Waals surface area contributed by atoms with Gasteiger partial charge in [-0.3, -0.25) is 9.78 Å². The third-order valence-corrected chi connectivity index (χ3v) is 4.92. The predicted octanol–water partition coefficient (Wildman–Crippen LogP) is 3.32. The van der Waals surface area contributed by atoms with Gasteiger partial charge in [-0.2, -0.15) is 0 Å². The Morgan fingerprint density at radius 2 is 2.19 bits per heavy atom. The molecule has 1 aromatic heterocycles. The van der Waals surface area contributed by atoms with Crippen molar-refractivity contribution in [2.45, 2.75) is 51.1 Å². The van der Waals surface area contributed by atoms with Crippen LogP contribution in [0.5, 0.6) is 0 Å². The Bertz CT molecular complexity index is 566. The number of halogens is 3. The molecule has 0 radical (unpaired) electrons. The Kier molecular flexibility index (Phi) is 3.42. The first-order chi connectivity index (χ1) is 9.99. The van der Waals surface area contributed by atoms with E-state index in [1.807, 2.05) is 0 Å². The van der Waals surface area contributed by atoms with Crippen LogP contribution in [0.3, 0.4) is 0 Å². The lowest BCUT2D eigenvalue weighted by molar-refractivity contribution is -0.146. The number of carbonyl (C=O) groups is 1. The largest absolute Gasteiger partial charge is 0.332 e. The summed E-state index contributed by atoms with van der Waals surface area (Å²) >= 11 is 0. The highest BCUT2D eigenvalue weighted by atomic mass is 19.3. The summed E-state index contributed by atoms with van der Waals surface area (Å²) in [5.41, 5.74) is -0.976. The van der Waals surface area contributed by atoms with E-state index in [0.29, 0.717) is 18.4 Å². The van der Waals surface area contributed by atoms with E-state index in [2.05, 4.69) is 4.98 Å². The van der Waals surface area contributed by atoms with Crippen LogP contribution in [-0.4, -0.2) is 28.3 Å². The van der Waals surface area contributed by atoms with Gasteiger partial charge in [0.25, 0.3) is 6.43 Å². The summed E-state index contributed by atoms with van der Waals surface area (Å²) < 4.78 is 40.2. The molecule has 3 rings (SSSR count). The van der Waals surface area contributed by atoms with Gasteiger partial charge in [-0.1, -0.05) is 6.92 Å². The van der Waals surface area contributed by atoms with Crippen molar-refractivity contribution in [1.29, 1.82) is 0 Å². The first kappa shape index (κ1) is 14.4. The van der Waals surface area contributed by atoms with Crippen LogP contribution in [0.2, 0.25) is 0 Å². The van der Waals surface area contributed by atoms with Gasteiger partial charge in [0.05, 0.1) is 12.2 Å². The Balaban J connectivity index is 1.94. The molecule has 1 unspecified atom stereocenters. The van der Waals surface area contributed by atoms with Crippen LogP contribution in [-0.2, 0) is 4.79 Å². The lowest BCUT2D eigenvalue weighted by Gasteiger charge is -2.29. The molecule has 6 heteroatoms. The third-order valence-electron chi connectivity index (χ3n) is 4.92. The highest BCUT2D eigenvalue weighted by Crippen LogP contribution is 2.52. The molecule has 3 heterocycles. The lowest BCUT2D eigenvalue weighted by Crippen LogP contribution is -2.40. The second-order valence-corrected chi connectivity index (χ2v) is 5.91. The van der Waals surface area contributed by atoms with Crippen molar-refractivity contribution in [2.24, 2.45) is 5.41 Å². The molecule has 1 amide bonds. The van der Waals surface area contributed by atoms with E-state index in [1.165, 1.54) is 12.3 Å². The Labute approximate surface area is 121 Å². The monoisotopic (exact) mass is 298 g/mol. The minimum atomic E-state index is -2.66. The zero-order valence-electron chi connectivity index (χ0n) is 11.7. The summed E-state index contributed by atoms with van der Waals surface area (Å²) in [6, 6.07) is 0.833. The fourth-order valence-electron chi connectivity index (χ4n) is 3.73. The number of fused-ring (bicyclic) bond motifs is 1. The maximum absolute atomic E-state index is 13.4. The number of nitrogens with zero attached hydrogens (tertiary/aromatic N) is 2. The molecule has 0 bridgehead atoms. The predicted molar refractivity (Wildman–Crippen MR) is 70.1 cm³/mol. The molecule has 0 spiro atoms. The first-order valence-electron chi connectivity index (χ1n) is 7.21. The molecule has 2 fully saturated rings. The van der Waals surface area contributed by atoms with Gasteiger partial charge in [-0.25, -0.2) is 13.2 Å². The van der Waals surface area contributed by atoms with E-state index >= 15 is 0 Å². The van der Waals surface area contributed by atoms with Gasteiger partial charge < -0.3 is 4.90 Å². The van der Waals surface area contributed by atoms with Crippen LogP contribution in [0.15, 0.2) is 18.5 Å². The zero-order valence-corrected chi connectivity index (χ0v) is 11.7. The van der Waals surface area contributed by atoms with Crippen molar-refractivity contribution in [3.05, 3.63) is 29.8 Å². The van der Waals surface area contributed by atoms with Crippen LogP contribution < -0.4 is 0 Å². The van der Waals surface area contributed by atoms with Crippen LogP contribution in [0.4, 0.5) is 13.2 Å². The molecule has 2 saturated heterocycles. The van der Waals surface area contributed by atoms with Gasteiger partial charge in [0.15, 0.2) is 0 Å². The van der Waals surface area contributed by atoms with Crippen molar-refractivity contribution in [3.8, 4) is 0 Å². The lowest BCUT2D eigenvalue weighted by atomic mass is 9.81. The Morgan fingerprint density at radius 1 is 1.43 bits per heavy atom. The zero-order chi connectivity index (χ0) is 15.2. The summed E-state index contributed by atoms with van der Waals surface area (Å²) in [5, 5.41) is 0. The molecule has 0 aromatic carbocycles. The summed E-state index contributed by atoms with van der Waals surface area (Å²) in [5.74, 6) is -0.963. The number of amides is 1. The van der Waals surface area contributed by atoms with E-state index < -0.39 is 23.6 Å². The highest BCUT2D eigenvalue weighted by molar-refractivity contribution is 5.86. The number of hydrogen-bond donors (Lipinski definition) is 0. The minimum absolute atomic E-state index is 0.130. The van der Waals surface area contributed by atoms with E-state index in [4.69, 9.17) is 0 Å². The van der Waals surface area contributed by atoms with E-state index in [-0.39, 0.29) is 24.9 Å². The number of rotatable bonds is 3. The van der Waals surface area contributed by atoms with Gasteiger partial charge in [-0.05, 0) is 37.3 Å². The van der Waals surface area contributed by atoms with Crippen molar-refractivity contribution in [2.75, 3.05) is 0 Å². The fourth-order valence-corrected chi connectivity index (χ4v) is 3.73. The number of hydrogen-bond acceptors (Lipinski definition) is 2. The number of aromatic nitrogens is 1.